The van der Waals surface area contributed by atoms with E-state index in [1.807, 2.05) is 24.3 Å². The summed E-state index contributed by atoms with van der Waals surface area (Å²) in [6.45, 7) is 0.379. The van der Waals surface area contributed by atoms with Crippen molar-refractivity contribution < 1.29 is 14.0 Å². The van der Waals surface area contributed by atoms with E-state index in [9.17, 15) is 9.59 Å². The normalized spacial score (nSPS) is 11.5. The van der Waals surface area contributed by atoms with Crippen molar-refractivity contribution in [3.63, 3.8) is 0 Å². The van der Waals surface area contributed by atoms with Crippen molar-refractivity contribution in [3.8, 4) is 0 Å². The van der Waals surface area contributed by atoms with E-state index in [2.05, 4.69) is 15.3 Å². The number of hydrogen-bond acceptors (Lipinski definition) is 7. The predicted octanol–water partition coefficient (Wildman–Crippen LogP) is 3.52. The molecule has 0 atom stereocenters. The van der Waals surface area contributed by atoms with Crippen molar-refractivity contribution in [1.29, 1.82) is 0 Å². The van der Waals surface area contributed by atoms with Gasteiger partial charge in [-0.1, -0.05) is 6.07 Å². The summed E-state index contributed by atoms with van der Waals surface area (Å²) in [7, 11) is 3.30. The van der Waals surface area contributed by atoms with Crippen molar-refractivity contribution in [2.75, 3.05) is 14.1 Å². The van der Waals surface area contributed by atoms with Crippen LogP contribution in [0.15, 0.2) is 58.4 Å². The fourth-order valence-electron chi connectivity index (χ4n) is 3.79. The SMILES string of the molecule is CNC(=O)C(Cc1cncs1)(Cc1cncs1)C(=O)N(C)Cc1ccc2occc2c1. The fourth-order valence-corrected chi connectivity index (χ4v) is 5.21. The lowest BCUT2D eigenvalue weighted by Crippen LogP contribution is -2.53. The van der Waals surface area contributed by atoms with Gasteiger partial charge >= 0.3 is 0 Å². The maximum Gasteiger partial charge on any atom is 0.239 e. The van der Waals surface area contributed by atoms with Crippen LogP contribution in [0.3, 0.4) is 0 Å². The van der Waals surface area contributed by atoms with Crippen LogP contribution in [-0.2, 0) is 29.0 Å². The van der Waals surface area contributed by atoms with E-state index in [4.69, 9.17) is 4.42 Å². The number of benzene rings is 1. The number of rotatable bonds is 8. The third kappa shape index (κ3) is 4.38. The molecular formula is C22H22N4O3S2. The molecule has 0 spiro atoms. The molecule has 0 aliphatic heterocycles. The van der Waals surface area contributed by atoms with Crippen LogP contribution < -0.4 is 5.32 Å². The summed E-state index contributed by atoms with van der Waals surface area (Å²) in [5, 5.41) is 3.70. The third-order valence-electron chi connectivity index (χ3n) is 5.27. The molecule has 4 aromatic rings. The molecule has 4 rings (SSSR count). The Hall–Kier alpha value is -3.04. The molecule has 0 radical (unpaired) electrons. The minimum atomic E-state index is -1.29. The molecule has 0 unspecified atom stereocenters. The quantitative estimate of drug-likeness (QED) is 0.412. The Kier molecular flexibility index (Phi) is 6.15. The Morgan fingerprint density at radius 1 is 1.10 bits per heavy atom. The summed E-state index contributed by atoms with van der Waals surface area (Å²) in [5.41, 5.74) is 3.90. The highest BCUT2D eigenvalue weighted by Crippen LogP contribution is 2.33. The Morgan fingerprint density at radius 2 is 1.77 bits per heavy atom. The maximum atomic E-state index is 13.9. The smallest absolute Gasteiger partial charge is 0.239 e. The highest BCUT2D eigenvalue weighted by atomic mass is 32.1. The van der Waals surface area contributed by atoms with Crippen molar-refractivity contribution >= 4 is 45.5 Å². The standard InChI is InChI=1S/C22H22N4O3S2/c1-23-20(27)22(8-17-10-24-13-30-17,9-18-11-25-14-31-18)21(28)26(2)12-15-3-4-19-16(7-15)5-6-29-19/h3-7,10-11,13-14H,8-9,12H2,1-2H3,(H,23,27). The molecule has 0 bridgehead atoms. The molecule has 2 amide bonds. The van der Waals surface area contributed by atoms with Crippen molar-refractivity contribution in [2.24, 2.45) is 5.41 Å². The van der Waals surface area contributed by atoms with Crippen molar-refractivity contribution in [3.05, 3.63) is 69.3 Å². The van der Waals surface area contributed by atoms with Crippen LogP contribution in [0.1, 0.15) is 15.3 Å². The summed E-state index contributed by atoms with van der Waals surface area (Å²) in [6, 6.07) is 7.72. The zero-order valence-corrected chi connectivity index (χ0v) is 18.8. The Labute approximate surface area is 187 Å². The molecule has 0 saturated heterocycles. The van der Waals surface area contributed by atoms with Crippen LogP contribution in [0.2, 0.25) is 0 Å². The van der Waals surface area contributed by atoms with Gasteiger partial charge in [0.2, 0.25) is 11.8 Å². The average molecular weight is 455 g/mol. The first-order chi connectivity index (χ1) is 15.0. The number of carbonyl (C=O) groups excluding carboxylic acids is 2. The van der Waals surface area contributed by atoms with E-state index in [-0.39, 0.29) is 24.7 Å². The van der Waals surface area contributed by atoms with Crippen LogP contribution in [0.4, 0.5) is 0 Å². The summed E-state index contributed by atoms with van der Waals surface area (Å²) < 4.78 is 5.40. The number of fused-ring (bicyclic) bond motifs is 1. The molecule has 0 aliphatic carbocycles. The lowest BCUT2D eigenvalue weighted by atomic mass is 9.77. The molecule has 9 heteroatoms. The van der Waals surface area contributed by atoms with Gasteiger partial charge in [0.05, 0.1) is 17.3 Å². The summed E-state index contributed by atoms with van der Waals surface area (Å²) in [6.07, 6.45) is 5.63. The first kappa shape index (κ1) is 21.2. The van der Waals surface area contributed by atoms with Gasteiger partial charge in [-0.25, -0.2) is 0 Å². The second-order valence-corrected chi connectivity index (χ2v) is 9.35. The van der Waals surface area contributed by atoms with Crippen LogP contribution in [0.25, 0.3) is 11.0 Å². The molecule has 31 heavy (non-hydrogen) atoms. The van der Waals surface area contributed by atoms with Gasteiger partial charge in [0.25, 0.3) is 0 Å². The van der Waals surface area contributed by atoms with E-state index in [1.165, 1.54) is 22.7 Å². The van der Waals surface area contributed by atoms with Gasteiger partial charge in [0.15, 0.2) is 0 Å². The molecule has 160 valence electrons. The topological polar surface area (TPSA) is 88.3 Å². The van der Waals surface area contributed by atoms with Crippen molar-refractivity contribution in [2.45, 2.75) is 19.4 Å². The lowest BCUT2D eigenvalue weighted by molar-refractivity contribution is -0.150. The monoisotopic (exact) mass is 454 g/mol. The maximum absolute atomic E-state index is 13.9. The van der Waals surface area contributed by atoms with Crippen LogP contribution in [-0.4, -0.2) is 40.8 Å². The van der Waals surface area contributed by atoms with Crippen molar-refractivity contribution in [1.82, 2.24) is 20.2 Å². The lowest BCUT2D eigenvalue weighted by Gasteiger charge is -2.34. The number of nitrogens with one attached hydrogen (secondary N) is 1. The second-order valence-electron chi connectivity index (χ2n) is 7.40. The number of thiazole rings is 2. The molecule has 3 aromatic heterocycles. The van der Waals surface area contributed by atoms with Gasteiger partial charge in [-0.3, -0.25) is 19.6 Å². The van der Waals surface area contributed by atoms with E-state index in [0.29, 0.717) is 6.54 Å². The Bertz CT molecular complexity index is 1130. The molecule has 7 nitrogen and oxygen atoms in total. The average Bonchev–Trinajstić information content (AvgIpc) is 3.54. The molecule has 3 heterocycles. The molecular weight excluding hydrogens is 432 g/mol. The minimum absolute atomic E-state index is 0.235. The van der Waals surface area contributed by atoms with Gasteiger partial charge in [0.1, 0.15) is 11.0 Å². The van der Waals surface area contributed by atoms with E-state index in [1.54, 1.807) is 48.7 Å². The summed E-state index contributed by atoms with van der Waals surface area (Å²) in [5.74, 6) is -0.544. The summed E-state index contributed by atoms with van der Waals surface area (Å²) in [4.78, 5) is 38.7. The van der Waals surface area contributed by atoms with Gasteiger partial charge < -0.3 is 14.6 Å². The van der Waals surface area contributed by atoms with Crippen LogP contribution in [0, 0.1) is 5.41 Å². The second kappa shape index (κ2) is 8.99. The Balaban J connectivity index is 1.67. The van der Waals surface area contributed by atoms with Gasteiger partial charge in [-0.15, -0.1) is 22.7 Å². The molecule has 0 saturated carbocycles. The number of furan rings is 1. The van der Waals surface area contributed by atoms with E-state index < -0.39 is 5.41 Å². The van der Waals surface area contributed by atoms with E-state index in [0.717, 1.165) is 26.3 Å². The highest BCUT2D eigenvalue weighted by molar-refractivity contribution is 7.09. The molecule has 1 aromatic carbocycles. The first-order valence-electron chi connectivity index (χ1n) is 9.70. The van der Waals surface area contributed by atoms with E-state index >= 15 is 0 Å². The van der Waals surface area contributed by atoms with Gasteiger partial charge in [0, 0.05) is 61.0 Å². The predicted molar refractivity (Wildman–Crippen MR) is 121 cm³/mol. The summed E-state index contributed by atoms with van der Waals surface area (Å²) >= 11 is 2.88. The highest BCUT2D eigenvalue weighted by Gasteiger charge is 2.47. The molecule has 0 fully saturated rings. The minimum Gasteiger partial charge on any atom is -0.464 e. The molecule has 0 aliphatic rings. The number of amides is 2. The zero-order chi connectivity index (χ0) is 21.8. The van der Waals surface area contributed by atoms with Gasteiger partial charge in [-0.05, 0) is 23.8 Å². The number of nitrogens with zero attached hydrogens (tertiary/aromatic N) is 3. The van der Waals surface area contributed by atoms with Gasteiger partial charge in [-0.2, -0.15) is 0 Å². The zero-order valence-electron chi connectivity index (χ0n) is 17.2. The fraction of sp³-hybridized carbons (Fsp3) is 0.273. The number of carbonyl (C=O) groups is 2. The first-order valence-corrected chi connectivity index (χ1v) is 11.5. The number of aromatic nitrogens is 2. The Morgan fingerprint density at radius 3 is 2.35 bits per heavy atom. The third-order valence-corrected chi connectivity index (χ3v) is 6.83. The number of hydrogen-bond donors (Lipinski definition) is 1. The largest absolute Gasteiger partial charge is 0.464 e. The van der Waals surface area contributed by atoms with Crippen LogP contribution >= 0.6 is 22.7 Å². The molecule has 1 N–H and O–H groups in total. The van der Waals surface area contributed by atoms with Crippen LogP contribution in [0.5, 0.6) is 0 Å².